The van der Waals surface area contributed by atoms with Gasteiger partial charge in [-0.1, -0.05) is 31.7 Å². The predicted octanol–water partition coefficient (Wildman–Crippen LogP) is 5.75. The second-order valence-electron chi connectivity index (χ2n) is 9.64. The molecule has 0 N–H and O–H groups in total. The molecular weight excluding hydrogens is 364 g/mol. The van der Waals surface area contributed by atoms with Crippen LogP contribution in [0.2, 0.25) is 0 Å². The Morgan fingerprint density at radius 1 is 1.21 bits per heavy atom. The van der Waals surface area contributed by atoms with E-state index < -0.39 is 17.0 Å². The fraction of sp³-hybridized carbons (Fsp3) is 0.520. The highest BCUT2D eigenvalue weighted by Crippen LogP contribution is 2.49. The molecule has 3 rings (SSSR count). The third-order valence-corrected chi connectivity index (χ3v) is 6.06. The molecule has 0 atom stereocenters. The Labute approximate surface area is 174 Å². The van der Waals surface area contributed by atoms with Gasteiger partial charge in [-0.15, -0.1) is 0 Å². The maximum absolute atomic E-state index is 13.1. The second kappa shape index (κ2) is 7.47. The van der Waals surface area contributed by atoms with Gasteiger partial charge in [-0.2, -0.15) is 0 Å². The van der Waals surface area contributed by atoms with Gasteiger partial charge in [-0.25, -0.2) is 4.79 Å². The van der Waals surface area contributed by atoms with Crippen LogP contribution in [0, 0.1) is 25.2 Å². The third kappa shape index (κ3) is 3.90. The van der Waals surface area contributed by atoms with E-state index in [1.54, 1.807) is 6.08 Å². The molecule has 4 heteroatoms. The molecule has 1 aliphatic carbocycles. The molecule has 1 spiro atoms. The summed E-state index contributed by atoms with van der Waals surface area (Å²) in [6, 6.07) is 3.99. The molecule has 0 unspecified atom stereocenters. The van der Waals surface area contributed by atoms with Crippen LogP contribution in [0.5, 0.6) is 0 Å². The van der Waals surface area contributed by atoms with Gasteiger partial charge < -0.3 is 9.47 Å². The normalized spacial score (nSPS) is 24.6. The number of ether oxygens (including phenoxy) is 2. The Kier molecular flexibility index (Phi) is 5.50. The van der Waals surface area contributed by atoms with Crippen molar-refractivity contribution in [2.75, 3.05) is 0 Å². The summed E-state index contributed by atoms with van der Waals surface area (Å²) in [7, 11) is 0. The Bertz CT molecular complexity index is 867. The van der Waals surface area contributed by atoms with Crippen LogP contribution < -0.4 is 0 Å². The molecule has 1 aromatic rings. The number of carbonyl (C=O) groups excluding carboxylic acids is 2. The van der Waals surface area contributed by atoms with Crippen LogP contribution in [0.4, 0.5) is 0 Å². The lowest BCUT2D eigenvalue weighted by atomic mass is 9.77. The van der Waals surface area contributed by atoms with E-state index in [0.717, 1.165) is 35.1 Å². The number of hydrogen-bond acceptors (Lipinski definition) is 4. The van der Waals surface area contributed by atoms with E-state index in [9.17, 15) is 9.59 Å². The molecule has 29 heavy (non-hydrogen) atoms. The van der Waals surface area contributed by atoms with Gasteiger partial charge in [0.25, 0.3) is 0 Å². The zero-order chi connectivity index (χ0) is 21.6. The van der Waals surface area contributed by atoms with Gasteiger partial charge in [-0.05, 0) is 88.5 Å². The van der Waals surface area contributed by atoms with Crippen LogP contribution in [0.25, 0.3) is 11.6 Å². The van der Waals surface area contributed by atoms with Crippen molar-refractivity contribution >= 4 is 23.6 Å². The largest absolute Gasteiger partial charge is 0.447 e. The second-order valence-corrected chi connectivity index (χ2v) is 9.64. The van der Waals surface area contributed by atoms with E-state index in [1.807, 2.05) is 46.8 Å². The summed E-state index contributed by atoms with van der Waals surface area (Å²) in [6.07, 6.45) is 5.02. The highest BCUT2D eigenvalue weighted by atomic mass is 16.6. The molecule has 0 saturated heterocycles. The standard InChI is InChI=1S/C25H32O4/c1-8-18-13-16(3)19(17(4)14-18)20-21(28-23(27)24(5,6)7)25(29-22(20)26)11-9-15(2)10-12-25/h8,13-15H,1,9-12H2,2-7H3. The van der Waals surface area contributed by atoms with E-state index in [2.05, 4.69) is 13.5 Å². The maximum Gasteiger partial charge on any atom is 0.343 e. The van der Waals surface area contributed by atoms with Crippen molar-refractivity contribution in [2.24, 2.45) is 11.3 Å². The molecule has 0 amide bonds. The molecule has 0 radical (unpaired) electrons. The van der Waals surface area contributed by atoms with Crippen LogP contribution in [0.15, 0.2) is 24.5 Å². The van der Waals surface area contributed by atoms with E-state index in [4.69, 9.17) is 9.47 Å². The summed E-state index contributed by atoms with van der Waals surface area (Å²) >= 11 is 0. The zero-order valence-electron chi connectivity index (χ0n) is 18.5. The summed E-state index contributed by atoms with van der Waals surface area (Å²) < 4.78 is 12.0. The number of carbonyl (C=O) groups is 2. The Morgan fingerprint density at radius 2 is 1.76 bits per heavy atom. The van der Waals surface area contributed by atoms with Crippen molar-refractivity contribution in [1.82, 2.24) is 0 Å². The molecule has 1 aliphatic heterocycles. The highest BCUT2D eigenvalue weighted by Gasteiger charge is 2.52. The first-order valence-corrected chi connectivity index (χ1v) is 10.4. The number of rotatable bonds is 3. The van der Waals surface area contributed by atoms with Gasteiger partial charge >= 0.3 is 11.9 Å². The molecule has 2 aliphatic rings. The summed E-state index contributed by atoms with van der Waals surface area (Å²) in [6.45, 7) is 15.4. The molecule has 1 heterocycles. The first-order chi connectivity index (χ1) is 13.5. The van der Waals surface area contributed by atoms with Crippen LogP contribution in [-0.4, -0.2) is 17.5 Å². The topological polar surface area (TPSA) is 52.6 Å². The first kappa shape index (κ1) is 21.4. The average molecular weight is 397 g/mol. The van der Waals surface area contributed by atoms with Crippen LogP contribution in [0.3, 0.4) is 0 Å². The lowest BCUT2D eigenvalue weighted by Crippen LogP contribution is -2.39. The molecule has 1 fully saturated rings. The van der Waals surface area contributed by atoms with Gasteiger partial charge in [-0.3, -0.25) is 4.79 Å². The van der Waals surface area contributed by atoms with Crippen molar-refractivity contribution in [3.8, 4) is 0 Å². The van der Waals surface area contributed by atoms with Gasteiger partial charge in [0, 0.05) is 0 Å². The molecule has 1 saturated carbocycles. The van der Waals surface area contributed by atoms with Gasteiger partial charge in [0.2, 0.25) is 0 Å². The van der Waals surface area contributed by atoms with E-state index in [0.29, 0.717) is 30.1 Å². The first-order valence-electron chi connectivity index (χ1n) is 10.4. The third-order valence-electron chi connectivity index (χ3n) is 6.06. The summed E-state index contributed by atoms with van der Waals surface area (Å²) in [5.74, 6) is 0.235. The number of esters is 2. The van der Waals surface area contributed by atoms with Gasteiger partial charge in [0.15, 0.2) is 11.4 Å². The van der Waals surface area contributed by atoms with Crippen molar-refractivity contribution in [2.45, 2.75) is 72.8 Å². The smallest absolute Gasteiger partial charge is 0.343 e. The monoisotopic (exact) mass is 396 g/mol. The molecule has 1 aromatic carbocycles. The highest BCUT2D eigenvalue weighted by molar-refractivity contribution is 6.21. The molecule has 0 bridgehead atoms. The molecule has 0 aromatic heterocycles. The minimum absolute atomic E-state index is 0.348. The van der Waals surface area contributed by atoms with Crippen molar-refractivity contribution < 1.29 is 19.1 Å². The molecule has 156 valence electrons. The lowest BCUT2D eigenvalue weighted by molar-refractivity contribution is -0.160. The van der Waals surface area contributed by atoms with Crippen LogP contribution in [-0.2, 0) is 19.1 Å². The fourth-order valence-corrected chi connectivity index (χ4v) is 4.27. The maximum atomic E-state index is 13.1. The van der Waals surface area contributed by atoms with Crippen LogP contribution >= 0.6 is 0 Å². The lowest BCUT2D eigenvalue weighted by Gasteiger charge is -2.36. The predicted molar refractivity (Wildman–Crippen MR) is 115 cm³/mol. The summed E-state index contributed by atoms with van der Waals surface area (Å²) in [5, 5.41) is 0. The van der Waals surface area contributed by atoms with Crippen LogP contribution in [0.1, 0.15) is 75.6 Å². The van der Waals surface area contributed by atoms with Gasteiger partial charge in [0.1, 0.15) is 5.57 Å². The molecule has 4 nitrogen and oxygen atoms in total. The fourth-order valence-electron chi connectivity index (χ4n) is 4.27. The number of benzene rings is 1. The Morgan fingerprint density at radius 3 is 2.24 bits per heavy atom. The van der Waals surface area contributed by atoms with Crippen molar-refractivity contribution in [3.05, 3.63) is 46.7 Å². The number of hydrogen-bond donors (Lipinski definition) is 0. The minimum Gasteiger partial charge on any atom is -0.447 e. The minimum atomic E-state index is -0.837. The summed E-state index contributed by atoms with van der Waals surface area (Å²) in [4.78, 5) is 26.0. The van der Waals surface area contributed by atoms with E-state index >= 15 is 0 Å². The SMILES string of the molecule is C=Cc1cc(C)c(C2=C(OC(=O)C(C)(C)C)C3(CCC(C)CC3)OC2=O)c(C)c1. The average Bonchev–Trinajstić information content (AvgIpc) is 2.88. The number of aryl methyl sites for hydroxylation is 2. The van der Waals surface area contributed by atoms with E-state index in [1.165, 1.54) is 0 Å². The Hall–Kier alpha value is -2.36. The molecular formula is C25H32O4. The van der Waals surface area contributed by atoms with E-state index in [-0.39, 0.29) is 5.97 Å². The Balaban J connectivity index is 2.20. The van der Waals surface area contributed by atoms with Crippen molar-refractivity contribution in [3.63, 3.8) is 0 Å². The summed E-state index contributed by atoms with van der Waals surface area (Å²) in [5.41, 5.74) is 2.56. The van der Waals surface area contributed by atoms with Crippen molar-refractivity contribution in [1.29, 1.82) is 0 Å². The quantitative estimate of drug-likeness (QED) is 0.610. The zero-order valence-corrected chi connectivity index (χ0v) is 18.5. The van der Waals surface area contributed by atoms with Gasteiger partial charge in [0.05, 0.1) is 5.41 Å².